The van der Waals surface area contributed by atoms with Gasteiger partial charge in [-0.2, -0.15) is 0 Å². The summed E-state index contributed by atoms with van der Waals surface area (Å²) in [6.07, 6.45) is 31.5. The van der Waals surface area contributed by atoms with Crippen molar-refractivity contribution in [3.63, 3.8) is 0 Å². The molecule has 0 aromatic rings. The molecule has 0 saturated heterocycles. The number of hydrogen-bond acceptors (Lipinski definition) is 4. The molecule has 0 heterocycles. The Morgan fingerprint density at radius 1 is 0.273 bits per heavy atom. The van der Waals surface area contributed by atoms with Crippen molar-refractivity contribution in [3.05, 3.63) is 0 Å². The van der Waals surface area contributed by atoms with Crippen molar-refractivity contribution in [1.82, 2.24) is 0 Å². The van der Waals surface area contributed by atoms with Crippen molar-refractivity contribution < 1.29 is 33.1 Å². The molecule has 5 heteroatoms. The predicted molar refractivity (Wildman–Crippen MR) is 130 cm³/mol. The Labute approximate surface area is 211 Å². The summed E-state index contributed by atoms with van der Waals surface area (Å²) in [5, 5.41) is 0. The van der Waals surface area contributed by atoms with Crippen molar-refractivity contribution in [3.8, 4) is 0 Å². The van der Waals surface area contributed by atoms with Crippen LogP contribution in [0.4, 0.5) is 0 Å². The van der Waals surface area contributed by atoms with Gasteiger partial charge in [-0.1, -0.05) is 0 Å². The normalized spacial score (nSPS) is 26.9. The van der Waals surface area contributed by atoms with Gasteiger partial charge in [-0.15, -0.1) is 0 Å². The molecule has 0 bridgehead atoms. The molecule has 33 heavy (non-hydrogen) atoms. The molecule has 4 nitrogen and oxygen atoms in total. The molecule has 0 unspecified atom stereocenters. The first-order valence-corrected chi connectivity index (χ1v) is 20.9. The van der Waals surface area contributed by atoms with Gasteiger partial charge >= 0.3 is 212 Å². The molecule has 0 atom stereocenters. The van der Waals surface area contributed by atoms with Gasteiger partial charge in [0, 0.05) is 0 Å². The number of rotatable bonds is 8. The van der Waals surface area contributed by atoms with E-state index in [9.17, 15) is 0 Å². The quantitative estimate of drug-likeness (QED) is 0.198. The van der Waals surface area contributed by atoms with Gasteiger partial charge in [-0.3, -0.25) is 0 Å². The van der Waals surface area contributed by atoms with Gasteiger partial charge in [-0.25, -0.2) is 0 Å². The van der Waals surface area contributed by atoms with Gasteiger partial charge in [0.15, 0.2) is 0 Å². The summed E-state index contributed by atoms with van der Waals surface area (Å²) < 4.78 is 28.6. The van der Waals surface area contributed by atoms with E-state index < -0.39 is 21.7 Å². The van der Waals surface area contributed by atoms with Crippen LogP contribution in [0.1, 0.15) is 154 Å². The fraction of sp³-hybridized carbons (Fsp3) is 1.00. The van der Waals surface area contributed by atoms with E-state index in [-0.39, 0.29) is 24.4 Å². The SMILES string of the molecule is C1CCCC([O][Hf]([O]C2CCCCCC2)([O]C2CCCCCC2)[O]C2CCCCCC2)CC1. The van der Waals surface area contributed by atoms with Crippen molar-refractivity contribution in [2.24, 2.45) is 0 Å². The maximum atomic E-state index is 7.15. The van der Waals surface area contributed by atoms with Gasteiger partial charge in [0.2, 0.25) is 0 Å². The Morgan fingerprint density at radius 3 is 0.636 bits per heavy atom. The summed E-state index contributed by atoms with van der Waals surface area (Å²) in [6, 6.07) is 0. The fourth-order valence-electron chi connectivity index (χ4n) is 6.42. The van der Waals surface area contributed by atoms with Gasteiger partial charge in [-0.05, 0) is 0 Å². The average molecular weight is 631 g/mol. The molecule has 4 saturated carbocycles. The molecule has 0 aliphatic heterocycles. The van der Waals surface area contributed by atoms with Crippen molar-refractivity contribution in [2.45, 2.75) is 179 Å². The average Bonchev–Trinajstić information content (AvgIpc) is 3.39. The first-order chi connectivity index (χ1) is 16.3. The van der Waals surface area contributed by atoms with E-state index in [1.54, 1.807) is 0 Å². The molecule has 4 aliphatic rings. The summed E-state index contributed by atoms with van der Waals surface area (Å²) >= 11 is -4.40. The monoisotopic (exact) mass is 632 g/mol. The second kappa shape index (κ2) is 15.1. The first kappa shape index (κ1) is 26.8. The van der Waals surface area contributed by atoms with E-state index in [1.807, 2.05) is 0 Å². The van der Waals surface area contributed by atoms with Crippen molar-refractivity contribution >= 4 is 0 Å². The summed E-state index contributed by atoms with van der Waals surface area (Å²) in [7, 11) is 0. The van der Waals surface area contributed by atoms with Crippen LogP contribution in [0.25, 0.3) is 0 Å². The third-order valence-electron chi connectivity index (χ3n) is 8.45. The van der Waals surface area contributed by atoms with Crippen LogP contribution in [0.5, 0.6) is 0 Å². The molecule has 0 N–H and O–H groups in total. The maximum absolute atomic E-state index is 7.15. The fourth-order valence-corrected chi connectivity index (χ4v) is 16.9. The van der Waals surface area contributed by atoms with Crippen molar-refractivity contribution in [1.29, 1.82) is 0 Å². The van der Waals surface area contributed by atoms with Crippen LogP contribution < -0.4 is 0 Å². The molecule has 0 amide bonds. The topological polar surface area (TPSA) is 36.9 Å². The molecule has 4 rings (SSSR count). The van der Waals surface area contributed by atoms with Crippen LogP contribution in [0.3, 0.4) is 0 Å². The minimum absolute atomic E-state index is 0.288. The van der Waals surface area contributed by atoms with E-state index in [2.05, 4.69) is 0 Å². The van der Waals surface area contributed by atoms with E-state index in [4.69, 9.17) is 11.4 Å². The van der Waals surface area contributed by atoms with E-state index in [0.717, 1.165) is 51.4 Å². The Kier molecular flexibility index (Phi) is 12.2. The molecule has 4 aliphatic carbocycles. The first-order valence-electron chi connectivity index (χ1n) is 15.0. The number of hydrogen-bond donors (Lipinski definition) is 0. The van der Waals surface area contributed by atoms with Crippen molar-refractivity contribution in [2.75, 3.05) is 0 Å². The molecule has 192 valence electrons. The zero-order chi connectivity index (χ0) is 22.6. The summed E-state index contributed by atoms with van der Waals surface area (Å²) in [6.45, 7) is 0. The molecule has 0 spiro atoms. The Bertz CT molecular complexity index is 405. The molecule has 4 fully saturated rings. The Morgan fingerprint density at radius 2 is 0.455 bits per heavy atom. The molecule has 0 aromatic heterocycles. The van der Waals surface area contributed by atoms with Crippen LogP contribution in [0.15, 0.2) is 0 Å². The molecule has 0 radical (unpaired) electrons. The van der Waals surface area contributed by atoms with E-state index in [0.29, 0.717) is 0 Å². The van der Waals surface area contributed by atoms with Gasteiger partial charge < -0.3 is 0 Å². The Hall–Kier alpha value is 0.710. The zero-order valence-corrected chi connectivity index (χ0v) is 25.0. The molecule has 0 aromatic carbocycles. The summed E-state index contributed by atoms with van der Waals surface area (Å²) in [4.78, 5) is 0. The van der Waals surface area contributed by atoms with Crippen LogP contribution >= 0.6 is 0 Å². The third kappa shape index (κ3) is 9.59. The second-order valence-electron chi connectivity index (χ2n) is 11.4. The van der Waals surface area contributed by atoms with Crippen LogP contribution in [0, 0.1) is 0 Å². The van der Waals surface area contributed by atoms with Gasteiger partial charge in [0.25, 0.3) is 0 Å². The minimum atomic E-state index is -4.40. The van der Waals surface area contributed by atoms with Crippen LogP contribution in [0.2, 0.25) is 0 Å². The predicted octanol–water partition coefficient (Wildman–Crippen LogP) is 8.76. The Balaban J connectivity index is 1.55. The van der Waals surface area contributed by atoms with E-state index >= 15 is 0 Å². The van der Waals surface area contributed by atoms with Crippen LogP contribution in [-0.2, 0) is 33.1 Å². The van der Waals surface area contributed by atoms with E-state index in [1.165, 1.54) is 103 Å². The standard InChI is InChI=1S/4C7H13O.Hf/c4*8-7-5-3-1-2-4-6-7;/h4*7H,1-6H2;/q4*-1;+4. The summed E-state index contributed by atoms with van der Waals surface area (Å²) in [5.41, 5.74) is 0. The van der Waals surface area contributed by atoms with Gasteiger partial charge in [0.05, 0.1) is 0 Å². The molecular weight excluding hydrogens is 579 g/mol. The second-order valence-corrected chi connectivity index (χ2v) is 18.4. The third-order valence-corrected chi connectivity index (χ3v) is 17.4. The van der Waals surface area contributed by atoms with Gasteiger partial charge in [0.1, 0.15) is 0 Å². The molecular formula is C28H52HfO4. The summed E-state index contributed by atoms with van der Waals surface area (Å²) in [5.74, 6) is 0. The zero-order valence-electron chi connectivity index (χ0n) is 21.4. The van der Waals surface area contributed by atoms with Crippen LogP contribution in [-0.4, -0.2) is 24.4 Å².